The van der Waals surface area contributed by atoms with Gasteiger partial charge in [0.1, 0.15) is 6.61 Å². The molecule has 0 atom stereocenters. The molecule has 0 amide bonds. The topological polar surface area (TPSA) is 9.23 Å². The van der Waals surface area contributed by atoms with Gasteiger partial charge in [0.15, 0.2) is 0 Å². The van der Waals surface area contributed by atoms with Crippen LogP contribution in [0, 0.1) is 12.7 Å². The van der Waals surface area contributed by atoms with Crippen LogP contribution < -0.4 is 0 Å². The molecule has 1 heterocycles. The van der Waals surface area contributed by atoms with Gasteiger partial charge in [0.2, 0.25) is 0 Å². The van der Waals surface area contributed by atoms with Crippen LogP contribution in [0.5, 0.6) is 0 Å². The molecule has 0 aliphatic carbocycles. The number of hydrogen-bond acceptors (Lipinski definition) is 1. The average Bonchev–Trinajstić information content (AvgIpc) is 1.65. The lowest BCUT2D eigenvalue weighted by Crippen LogP contribution is -2.18. The number of halogens is 2. The monoisotopic (exact) mass is 117 g/mol. The summed E-state index contributed by atoms with van der Waals surface area (Å²) in [4.78, 5) is 0. The first-order chi connectivity index (χ1) is 3.71. The van der Waals surface area contributed by atoms with Gasteiger partial charge >= 0.3 is 6.11 Å². The maximum Gasteiger partial charge on any atom is 0.384 e. The Morgan fingerprint density at radius 1 is 1.62 bits per heavy atom. The van der Waals surface area contributed by atoms with E-state index in [0.717, 1.165) is 0 Å². The fourth-order valence-electron chi connectivity index (χ4n) is 0.373. The zero-order valence-electron chi connectivity index (χ0n) is 3.95. The molecule has 0 unspecified atom stereocenters. The third-order valence-electron chi connectivity index (χ3n) is 0.656. The van der Waals surface area contributed by atoms with Crippen LogP contribution in [0.3, 0.4) is 0 Å². The second-order valence-electron chi connectivity index (χ2n) is 1.32. The van der Waals surface area contributed by atoms with E-state index < -0.39 is 6.11 Å². The van der Waals surface area contributed by atoms with Crippen LogP contribution in [-0.4, -0.2) is 6.11 Å². The Hall–Kier alpha value is -0.440. The van der Waals surface area contributed by atoms with Gasteiger partial charge < -0.3 is 4.74 Å². The van der Waals surface area contributed by atoms with Gasteiger partial charge in [0, 0.05) is 6.42 Å². The normalized spacial score (nSPS) is 25.8. The fraction of sp³-hybridized carbons (Fsp3) is 0.400. The standard InChI is InChI=1S/C5H3F2O/c6-5(7)3-1-2-4-8-5/h1H,2H2. The largest absolute Gasteiger partial charge is 0.384 e. The number of alkyl halides is 2. The van der Waals surface area contributed by atoms with Crippen molar-refractivity contribution in [3.05, 3.63) is 18.8 Å². The molecule has 0 aromatic heterocycles. The average molecular weight is 117 g/mol. The van der Waals surface area contributed by atoms with E-state index in [-0.39, 0.29) is 6.42 Å². The summed E-state index contributed by atoms with van der Waals surface area (Å²) in [5.41, 5.74) is 0. The highest BCUT2D eigenvalue weighted by Gasteiger charge is 2.28. The molecule has 3 heteroatoms. The van der Waals surface area contributed by atoms with E-state index in [1.54, 1.807) is 6.08 Å². The Morgan fingerprint density at radius 3 is 2.62 bits per heavy atom. The fourth-order valence-corrected chi connectivity index (χ4v) is 0.373. The molecule has 0 saturated carbocycles. The summed E-state index contributed by atoms with van der Waals surface area (Å²) in [6.07, 6.45) is -0.0513. The minimum absolute atomic E-state index is 0.287. The van der Waals surface area contributed by atoms with E-state index in [1.165, 1.54) is 6.08 Å². The third kappa shape index (κ3) is 1.26. The van der Waals surface area contributed by atoms with Gasteiger partial charge in [-0.05, 0) is 0 Å². The van der Waals surface area contributed by atoms with Crippen molar-refractivity contribution in [1.82, 2.24) is 0 Å². The van der Waals surface area contributed by atoms with Crippen molar-refractivity contribution in [3.63, 3.8) is 0 Å². The predicted octanol–water partition coefficient (Wildman–Crippen LogP) is 1.40. The van der Waals surface area contributed by atoms with Gasteiger partial charge in [0.25, 0.3) is 0 Å². The molecule has 8 heavy (non-hydrogen) atoms. The van der Waals surface area contributed by atoms with Crippen molar-refractivity contribution < 1.29 is 13.5 Å². The van der Waals surface area contributed by atoms with Crippen LogP contribution in [0.4, 0.5) is 8.78 Å². The highest BCUT2D eigenvalue weighted by atomic mass is 19.3. The zero-order valence-corrected chi connectivity index (χ0v) is 3.95. The SMILES string of the molecule is FC1(F)[C]=CC[C]O1. The van der Waals surface area contributed by atoms with Gasteiger partial charge in [-0.25, -0.2) is 0 Å². The smallest absolute Gasteiger partial charge is 0.303 e. The van der Waals surface area contributed by atoms with Crippen LogP contribution >= 0.6 is 0 Å². The van der Waals surface area contributed by atoms with Gasteiger partial charge in [-0.3, -0.25) is 0 Å². The quantitative estimate of drug-likeness (QED) is 0.466. The highest BCUT2D eigenvalue weighted by molar-refractivity contribution is 4.88. The van der Waals surface area contributed by atoms with Gasteiger partial charge in [-0.2, -0.15) is 8.78 Å². The maximum absolute atomic E-state index is 11.8. The summed E-state index contributed by atoms with van der Waals surface area (Å²) in [6, 6.07) is 0. The minimum Gasteiger partial charge on any atom is -0.303 e. The summed E-state index contributed by atoms with van der Waals surface area (Å²) in [5.74, 6) is 0. The van der Waals surface area contributed by atoms with Crippen LogP contribution in [-0.2, 0) is 4.74 Å². The minimum atomic E-state index is -3.24. The van der Waals surface area contributed by atoms with Crippen LogP contribution in [0.1, 0.15) is 6.42 Å². The van der Waals surface area contributed by atoms with Gasteiger partial charge in [-0.1, -0.05) is 6.08 Å². The summed E-state index contributed by atoms with van der Waals surface area (Å²) < 4.78 is 27.3. The molecule has 3 radical (unpaired) electrons. The molecule has 1 aliphatic heterocycles. The maximum atomic E-state index is 11.8. The second-order valence-corrected chi connectivity index (χ2v) is 1.32. The molecule has 0 bridgehead atoms. The van der Waals surface area contributed by atoms with Crippen molar-refractivity contribution in [2.24, 2.45) is 0 Å². The molecule has 0 aromatic rings. The highest BCUT2D eigenvalue weighted by Crippen LogP contribution is 2.21. The molecule has 0 fully saturated rings. The lowest BCUT2D eigenvalue weighted by atomic mass is 10.3. The number of rotatable bonds is 0. The van der Waals surface area contributed by atoms with Crippen molar-refractivity contribution >= 4 is 0 Å². The number of hydrogen-bond donors (Lipinski definition) is 0. The van der Waals surface area contributed by atoms with E-state index in [2.05, 4.69) is 4.74 Å². The van der Waals surface area contributed by atoms with Crippen LogP contribution in [0.25, 0.3) is 0 Å². The molecule has 43 valence electrons. The molecule has 0 aromatic carbocycles. The van der Waals surface area contributed by atoms with E-state index in [0.29, 0.717) is 0 Å². The number of ether oxygens (including phenoxy) is 1. The van der Waals surface area contributed by atoms with Gasteiger partial charge in [0.05, 0.1) is 6.08 Å². The Bertz CT molecular complexity index is 109. The van der Waals surface area contributed by atoms with Gasteiger partial charge in [-0.15, -0.1) is 0 Å². The second kappa shape index (κ2) is 1.82. The van der Waals surface area contributed by atoms with Crippen molar-refractivity contribution in [2.45, 2.75) is 12.5 Å². The molecular formula is C5H3F2O. The van der Waals surface area contributed by atoms with E-state index in [4.69, 9.17) is 0 Å². The van der Waals surface area contributed by atoms with Crippen molar-refractivity contribution in [1.29, 1.82) is 0 Å². The predicted molar refractivity (Wildman–Crippen MR) is 21.7 cm³/mol. The summed E-state index contributed by atoms with van der Waals surface area (Å²) in [7, 11) is 0. The van der Waals surface area contributed by atoms with E-state index >= 15 is 0 Å². The Morgan fingerprint density at radius 2 is 2.38 bits per heavy atom. The third-order valence-corrected chi connectivity index (χ3v) is 0.656. The van der Waals surface area contributed by atoms with Crippen LogP contribution in [0.15, 0.2) is 6.08 Å². The Kier molecular flexibility index (Phi) is 1.29. The molecule has 1 nitrogen and oxygen atoms in total. The molecule has 1 aliphatic rings. The Labute approximate surface area is 45.9 Å². The van der Waals surface area contributed by atoms with E-state index in [1.807, 2.05) is 6.61 Å². The summed E-state index contributed by atoms with van der Waals surface area (Å²) >= 11 is 0. The lowest BCUT2D eigenvalue weighted by molar-refractivity contribution is -0.189. The lowest BCUT2D eigenvalue weighted by Gasteiger charge is -2.12. The first-order valence-electron chi connectivity index (χ1n) is 2.09. The first-order valence-corrected chi connectivity index (χ1v) is 2.09. The molecular weight excluding hydrogens is 114 g/mol. The molecule has 0 spiro atoms. The zero-order chi connectivity index (χ0) is 6.04. The molecule has 0 saturated heterocycles. The Balaban J connectivity index is 2.56. The van der Waals surface area contributed by atoms with Crippen molar-refractivity contribution in [2.75, 3.05) is 0 Å². The summed E-state index contributed by atoms with van der Waals surface area (Å²) in [6.45, 7) is 2.01. The summed E-state index contributed by atoms with van der Waals surface area (Å²) in [5, 5.41) is 0. The van der Waals surface area contributed by atoms with Crippen LogP contribution in [0.2, 0.25) is 0 Å². The van der Waals surface area contributed by atoms with E-state index in [9.17, 15) is 8.78 Å². The molecule has 1 rings (SSSR count). The van der Waals surface area contributed by atoms with Crippen molar-refractivity contribution in [3.8, 4) is 0 Å². The molecule has 0 N–H and O–H groups in total. The first kappa shape index (κ1) is 5.69.